The fourth-order valence-corrected chi connectivity index (χ4v) is 2.84. The molecule has 2 amide bonds. The minimum atomic E-state index is -0.196. The van der Waals surface area contributed by atoms with Crippen LogP contribution in [0.25, 0.3) is 0 Å². The average molecular weight is 476 g/mol. The maximum absolute atomic E-state index is 11.7. The predicted octanol–water partition coefficient (Wildman–Crippen LogP) is 4.51. The van der Waals surface area contributed by atoms with Crippen LogP contribution in [0, 0.1) is 0 Å². The Morgan fingerprint density at radius 1 is 0.720 bits per heavy atom. The molecular weight excluding hydrogens is 456 g/mol. The summed E-state index contributed by atoms with van der Waals surface area (Å²) in [6.45, 7) is 1.25. The molecular formula is C17H20Br2N2O4. The lowest BCUT2D eigenvalue weighted by atomic mass is 10.1. The SMILES string of the molecule is O=C(NCCCCCCCNC(=O)c1ccc(Br)o1)c1ccc(Br)o1. The topological polar surface area (TPSA) is 84.5 Å². The number of amides is 2. The molecule has 2 heterocycles. The smallest absolute Gasteiger partial charge is 0.287 e. The summed E-state index contributed by atoms with van der Waals surface area (Å²) in [5, 5.41) is 5.65. The van der Waals surface area contributed by atoms with E-state index in [0.29, 0.717) is 33.9 Å². The van der Waals surface area contributed by atoms with Gasteiger partial charge in [-0.2, -0.15) is 0 Å². The molecule has 0 aromatic carbocycles. The molecule has 2 rings (SSSR count). The van der Waals surface area contributed by atoms with Gasteiger partial charge in [0.2, 0.25) is 0 Å². The van der Waals surface area contributed by atoms with Crippen molar-refractivity contribution in [2.24, 2.45) is 0 Å². The van der Waals surface area contributed by atoms with Crippen LogP contribution in [0.5, 0.6) is 0 Å². The molecule has 0 unspecified atom stereocenters. The summed E-state index contributed by atoms with van der Waals surface area (Å²) in [5.74, 6) is 0.230. The lowest BCUT2D eigenvalue weighted by Crippen LogP contribution is -2.24. The average Bonchev–Trinajstić information content (AvgIpc) is 3.21. The number of nitrogens with one attached hydrogen (secondary N) is 2. The fourth-order valence-electron chi connectivity index (χ4n) is 2.23. The Morgan fingerprint density at radius 2 is 1.12 bits per heavy atom. The molecule has 2 aromatic rings. The number of rotatable bonds is 10. The Balaban J connectivity index is 1.44. The Kier molecular flexibility index (Phi) is 8.27. The van der Waals surface area contributed by atoms with Crippen molar-refractivity contribution in [3.8, 4) is 0 Å². The van der Waals surface area contributed by atoms with Gasteiger partial charge < -0.3 is 19.5 Å². The molecule has 0 spiro atoms. The van der Waals surface area contributed by atoms with Crippen LogP contribution in [-0.4, -0.2) is 24.9 Å². The summed E-state index contributed by atoms with van der Waals surface area (Å²) < 4.78 is 11.5. The number of unbranched alkanes of at least 4 members (excludes halogenated alkanes) is 4. The maximum Gasteiger partial charge on any atom is 0.287 e. The van der Waals surface area contributed by atoms with Crippen LogP contribution in [0.3, 0.4) is 0 Å². The van der Waals surface area contributed by atoms with E-state index in [2.05, 4.69) is 42.5 Å². The van der Waals surface area contributed by atoms with E-state index in [1.807, 2.05) is 0 Å². The molecule has 8 heteroatoms. The Hall–Kier alpha value is -1.54. The molecule has 0 radical (unpaired) electrons. The van der Waals surface area contributed by atoms with E-state index in [1.54, 1.807) is 24.3 Å². The second-order valence-electron chi connectivity index (χ2n) is 5.49. The van der Waals surface area contributed by atoms with Gasteiger partial charge in [-0.1, -0.05) is 19.3 Å². The van der Waals surface area contributed by atoms with Crippen molar-refractivity contribution >= 4 is 43.7 Å². The lowest BCUT2D eigenvalue weighted by Gasteiger charge is -2.05. The Labute approximate surface area is 163 Å². The second-order valence-corrected chi connectivity index (χ2v) is 7.05. The van der Waals surface area contributed by atoms with E-state index in [0.717, 1.165) is 32.1 Å². The number of hydrogen-bond acceptors (Lipinski definition) is 4. The highest BCUT2D eigenvalue weighted by Gasteiger charge is 2.10. The maximum atomic E-state index is 11.7. The minimum absolute atomic E-state index is 0.196. The van der Waals surface area contributed by atoms with Crippen molar-refractivity contribution in [3.05, 3.63) is 45.1 Å². The molecule has 0 aliphatic heterocycles. The lowest BCUT2D eigenvalue weighted by molar-refractivity contribution is 0.0917. The third-order valence-corrected chi connectivity index (χ3v) is 4.37. The van der Waals surface area contributed by atoms with E-state index in [4.69, 9.17) is 8.83 Å². The van der Waals surface area contributed by atoms with Crippen LogP contribution in [-0.2, 0) is 0 Å². The number of halogens is 2. The molecule has 0 bridgehead atoms. The van der Waals surface area contributed by atoms with Crippen LogP contribution in [0.1, 0.15) is 53.2 Å². The number of furan rings is 2. The summed E-state index contributed by atoms with van der Waals surface area (Å²) >= 11 is 6.33. The fraction of sp³-hybridized carbons (Fsp3) is 0.412. The van der Waals surface area contributed by atoms with Gasteiger partial charge in [-0.25, -0.2) is 0 Å². The van der Waals surface area contributed by atoms with Gasteiger partial charge in [-0.05, 0) is 69.0 Å². The van der Waals surface area contributed by atoms with Gasteiger partial charge in [-0.3, -0.25) is 9.59 Å². The predicted molar refractivity (Wildman–Crippen MR) is 101 cm³/mol. The van der Waals surface area contributed by atoms with Crippen LogP contribution in [0.15, 0.2) is 42.4 Å². The zero-order valence-corrected chi connectivity index (χ0v) is 16.8. The molecule has 0 aliphatic carbocycles. The van der Waals surface area contributed by atoms with Gasteiger partial charge in [0.1, 0.15) is 0 Å². The van der Waals surface area contributed by atoms with Gasteiger partial charge in [0.25, 0.3) is 11.8 Å². The summed E-state index contributed by atoms with van der Waals surface area (Å²) in [6, 6.07) is 6.65. The number of carbonyl (C=O) groups excluding carboxylic acids is 2. The standard InChI is InChI=1S/C17H20Br2N2O4/c18-14-8-6-12(24-14)16(22)20-10-4-2-1-3-5-11-21-17(23)13-7-9-15(19)25-13/h6-9H,1-5,10-11H2,(H,20,22)(H,21,23). The van der Waals surface area contributed by atoms with Gasteiger partial charge in [-0.15, -0.1) is 0 Å². The zero-order valence-electron chi connectivity index (χ0n) is 13.6. The van der Waals surface area contributed by atoms with E-state index in [1.165, 1.54) is 0 Å². The highest BCUT2D eigenvalue weighted by Crippen LogP contribution is 2.14. The quantitative estimate of drug-likeness (QED) is 0.495. The van der Waals surface area contributed by atoms with Crippen LogP contribution >= 0.6 is 31.9 Å². The van der Waals surface area contributed by atoms with E-state index >= 15 is 0 Å². The largest absolute Gasteiger partial charge is 0.444 e. The first kappa shape index (κ1) is 19.8. The normalized spacial score (nSPS) is 10.6. The highest BCUT2D eigenvalue weighted by atomic mass is 79.9. The van der Waals surface area contributed by atoms with Crippen molar-refractivity contribution in [1.29, 1.82) is 0 Å². The number of hydrogen-bond donors (Lipinski definition) is 2. The summed E-state index contributed by atoms with van der Waals surface area (Å²) in [7, 11) is 0. The van der Waals surface area contributed by atoms with Gasteiger partial charge in [0.15, 0.2) is 20.9 Å². The van der Waals surface area contributed by atoms with Gasteiger partial charge in [0.05, 0.1) is 0 Å². The van der Waals surface area contributed by atoms with Gasteiger partial charge >= 0.3 is 0 Å². The van der Waals surface area contributed by atoms with Crippen LogP contribution in [0.4, 0.5) is 0 Å². The molecule has 25 heavy (non-hydrogen) atoms. The molecule has 2 N–H and O–H groups in total. The summed E-state index contributed by atoms with van der Waals surface area (Å²) in [6.07, 6.45) is 4.95. The molecule has 0 saturated carbocycles. The first-order valence-corrected chi connectivity index (χ1v) is 9.72. The molecule has 2 aromatic heterocycles. The van der Waals surface area contributed by atoms with Gasteiger partial charge in [0, 0.05) is 13.1 Å². The molecule has 0 fully saturated rings. The Morgan fingerprint density at radius 3 is 1.48 bits per heavy atom. The van der Waals surface area contributed by atoms with Crippen molar-refractivity contribution in [1.82, 2.24) is 10.6 Å². The zero-order chi connectivity index (χ0) is 18.1. The second kappa shape index (κ2) is 10.5. The van der Waals surface area contributed by atoms with Crippen molar-refractivity contribution in [2.45, 2.75) is 32.1 Å². The monoisotopic (exact) mass is 474 g/mol. The first-order chi connectivity index (χ1) is 12.1. The van der Waals surface area contributed by atoms with Crippen molar-refractivity contribution in [3.63, 3.8) is 0 Å². The van der Waals surface area contributed by atoms with Crippen LogP contribution < -0.4 is 10.6 Å². The molecule has 0 atom stereocenters. The highest BCUT2D eigenvalue weighted by molar-refractivity contribution is 9.10. The van der Waals surface area contributed by atoms with Crippen LogP contribution in [0.2, 0.25) is 0 Å². The molecule has 6 nitrogen and oxygen atoms in total. The third-order valence-electron chi connectivity index (χ3n) is 3.52. The summed E-state index contributed by atoms with van der Waals surface area (Å²) in [4.78, 5) is 23.5. The first-order valence-electron chi connectivity index (χ1n) is 8.13. The summed E-state index contributed by atoms with van der Waals surface area (Å²) in [5.41, 5.74) is 0. The molecule has 0 saturated heterocycles. The van der Waals surface area contributed by atoms with E-state index in [-0.39, 0.29) is 11.8 Å². The van der Waals surface area contributed by atoms with Crippen molar-refractivity contribution < 1.29 is 18.4 Å². The molecule has 136 valence electrons. The van der Waals surface area contributed by atoms with E-state index < -0.39 is 0 Å². The third kappa shape index (κ3) is 7.07. The minimum Gasteiger partial charge on any atom is -0.444 e. The molecule has 0 aliphatic rings. The Bertz CT molecular complexity index is 638. The van der Waals surface area contributed by atoms with Crippen molar-refractivity contribution in [2.75, 3.05) is 13.1 Å². The number of carbonyl (C=O) groups is 2. The van der Waals surface area contributed by atoms with E-state index in [9.17, 15) is 9.59 Å².